The zero-order valence-corrected chi connectivity index (χ0v) is 13.9. The lowest BCUT2D eigenvalue weighted by Gasteiger charge is -2.16. The van der Waals surface area contributed by atoms with Crippen molar-refractivity contribution >= 4 is 32.7 Å². The Morgan fingerprint density at radius 1 is 1.25 bits per heavy atom. The minimum absolute atomic E-state index is 0.165. The van der Waals surface area contributed by atoms with Crippen LogP contribution in [0.2, 0.25) is 0 Å². The van der Waals surface area contributed by atoms with Gasteiger partial charge in [-0.1, -0.05) is 13.0 Å². The van der Waals surface area contributed by atoms with Gasteiger partial charge < -0.3 is 5.32 Å². The number of rotatable bonds is 7. The molecule has 4 nitrogen and oxygen atoms in total. The average Bonchev–Trinajstić information content (AvgIpc) is 3.07. The Kier molecular flexibility index (Phi) is 5.34. The fourth-order valence-electron chi connectivity index (χ4n) is 1.94. The van der Waals surface area contributed by atoms with E-state index in [1.165, 1.54) is 11.3 Å². The van der Waals surface area contributed by atoms with Crippen LogP contribution in [0.15, 0.2) is 33.9 Å². The summed E-state index contributed by atoms with van der Waals surface area (Å²) >= 11 is 3.03. The Labute approximate surface area is 127 Å². The summed E-state index contributed by atoms with van der Waals surface area (Å²) in [6, 6.07) is 5.40. The maximum absolute atomic E-state index is 12.5. The molecule has 20 heavy (non-hydrogen) atoms. The van der Waals surface area contributed by atoms with Crippen LogP contribution in [0.25, 0.3) is 0 Å². The Hall–Kier alpha value is -0.730. The van der Waals surface area contributed by atoms with Gasteiger partial charge in [0, 0.05) is 16.3 Å². The van der Waals surface area contributed by atoms with Gasteiger partial charge in [0.15, 0.2) is 0 Å². The first-order chi connectivity index (χ1) is 9.58. The van der Waals surface area contributed by atoms with Gasteiger partial charge in [0.1, 0.15) is 0 Å². The first-order valence-corrected chi connectivity index (χ1v) is 9.59. The standard InChI is InChI=1S/C13H18N2O2S3/c1-3-10(11-5-4-7-18-11)15-20(16,17)13-6-8-19-12(13)9-14-2/h4-8,10,14-15H,3,9H2,1-2H3. The summed E-state index contributed by atoms with van der Waals surface area (Å²) in [6.45, 7) is 2.54. The molecule has 0 aromatic carbocycles. The summed E-state index contributed by atoms with van der Waals surface area (Å²) in [7, 11) is -1.67. The van der Waals surface area contributed by atoms with Gasteiger partial charge in [-0.2, -0.15) is 0 Å². The van der Waals surface area contributed by atoms with Crippen LogP contribution in [-0.4, -0.2) is 15.5 Å². The van der Waals surface area contributed by atoms with Gasteiger partial charge in [-0.3, -0.25) is 0 Å². The molecule has 0 aliphatic carbocycles. The first kappa shape index (κ1) is 15.7. The molecule has 2 heterocycles. The molecule has 0 bridgehead atoms. The molecular formula is C13H18N2O2S3. The van der Waals surface area contributed by atoms with Gasteiger partial charge >= 0.3 is 0 Å². The maximum atomic E-state index is 12.5. The molecule has 2 N–H and O–H groups in total. The number of thiophene rings is 2. The highest BCUT2D eigenvalue weighted by atomic mass is 32.2. The minimum atomic E-state index is -3.48. The van der Waals surface area contributed by atoms with E-state index in [1.54, 1.807) is 17.4 Å². The highest BCUT2D eigenvalue weighted by Crippen LogP contribution is 2.27. The summed E-state index contributed by atoms with van der Waals surface area (Å²) in [5, 5.41) is 6.77. The zero-order valence-electron chi connectivity index (χ0n) is 11.4. The predicted molar refractivity (Wildman–Crippen MR) is 84.8 cm³/mol. The van der Waals surface area contributed by atoms with E-state index in [0.717, 1.165) is 16.2 Å². The summed E-state index contributed by atoms with van der Waals surface area (Å²) in [5.41, 5.74) is 0. The van der Waals surface area contributed by atoms with Gasteiger partial charge in [-0.25, -0.2) is 13.1 Å². The molecule has 0 fully saturated rings. The normalized spacial score (nSPS) is 13.5. The van der Waals surface area contributed by atoms with Crippen molar-refractivity contribution in [3.63, 3.8) is 0 Å². The third kappa shape index (κ3) is 3.48. The number of hydrogen-bond donors (Lipinski definition) is 2. The van der Waals surface area contributed by atoms with Crippen LogP contribution < -0.4 is 10.0 Å². The second kappa shape index (κ2) is 6.82. The van der Waals surface area contributed by atoms with Crippen LogP contribution in [0.4, 0.5) is 0 Å². The molecule has 0 saturated carbocycles. The molecule has 0 amide bonds. The smallest absolute Gasteiger partial charge is 0.242 e. The van der Waals surface area contributed by atoms with Crippen molar-refractivity contribution in [2.75, 3.05) is 7.05 Å². The monoisotopic (exact) mass is 330 g/mol. The van der Waals surface area contributed by atoms with E-state index in [2.05, 4.69) is 10.0 Å². The molecule has 1 unspecified atom stereocenters. The quantitative estimate of drug-likeness (QED) is 0.820. The predicted octanol–water partition coefficient (Wildman–Crippen LogP) is 2.96. The van der Waals surface area contributed by atoms with Gasteiger partial charge in [0.2, 0.25) is 10.0 Å². The fraction of sp³-hybridized carbons (Fsp3) is 0.385. The van der Waals surface area contributed by atoms with Crippen LogP contribution in [-0.2, 0) is 16.6 Å². The van der Waals surface area contributed by atoms with E-state index in [1.807, 2.05) is 36.9 Å². The number of nitrogens with one attached hydrogen (secondary N) is 2. The van der Waals surface area contributed by atoms with Crippen molar-refractivity contribution in [1.29, 1.82) is 0 Å². The highest BCUT2D eigenvalue weighted by molar-refractivity contribution is 7.89. The molecular weight excluding hydrogens is 312 g/mol. The zero-order chi connectivity index (χ0) is 14.6. The molecule has 7 heteroatoms. The summed E-state index contributed by atoms with van der Waals surface area (Å²) < 4.78 is 27.9. The third-order valence-electron chi connectivity index (χ3n) is 2.92. The van der Waals surface area contributed by atoms with Crippen LogP contribution >= 0.6 is 22.7 Å². The van der Waals surface area contributed by atoms with Gasteiger partial charge in [0.25, 0.3) is 0 Å². The molecule has 1 atom stereocenters. The molecule has 0 saturated heterocycles. The lowest BCUT2D eigenvalue weighted by atomic mass is 10.2. The lowest BCUT2D eigenvalue weighted by Crippen LogP contribution is -2.28. The molecule has 2 rings (SSSR count). The topological polar surface area (TPSA) is 58.2 Å². The number of hydrogen-bond acceptors (Lipinski definition) is 5. The summed E-state index contributed by atoms with van der Waals surface area (Å²) in [4.78, 5) is 2.26. The Balaban J connectivity index is 2.24. The number of sulfonamides is 1. The summed E-state index contributed by atoms with van der Waals surface area (Å²) in [6.07, 6.45) is 0.727. The first-order valence-electron chi connectivity index (χ1n) is 6.35. The maximum Gasteiger partial charge on any atom is 0.242 e. The van der Waals surface area contributed by atoms with Crippen LogP contribution in [0.3, 0.4) is 0 Å². The van der Waals surface area contributed by atoms with Crippen molar-refractivity contribution in [1.82, 2.24) is 10.0 Å². The second-order valence-corrected chi connectivity index (χ2v) is 8.00. The SMILES string of the molecule is CCC(NS(=O)(=O)c1ccsc1CNC)c1cccs1. The Morgan fingerprint density at radius 2 is 2.05 bits per heavy atom. The molecule has 0 aliphatic rings. The Bertz CT molecular complexity index is 632. The molecule has 2 aromatic heterocycles. The summed E-state index contributed by atoms with van der Waals surface area (Å²) in [5.74, 6) is 0. The van der Waals surface area contributed by atoms with E-state index >= 15 is 0 Å². The van der Waals surface area contributed by atoms with E-state index < -0.39 is 10.0 Å². The van der Waals surface area contributed by atoms with Crippen molar-refractivity contribution in [2.45, 2.75) is 30.8 Å². The van der Waals surface area contributed by atoms with Gasteiger partial charge in [-0.15, -0.1) is 22.7 Å². The van der Waals surface area contributed by atoms with E-state index in [0.29, 0.717) is 11.4 Å². The molecule has 0 spiro atoms. The fourth-order valence-corrected chi connectivity index (χ4v) is 5.63. The van der Waals surface area contributed by atoms with Crippen molar-refractivity contribution in [3.05, 3.63) is 38.7 Å². The van der Waals surface area contributed by atoms with Crippen LogP contribution in [0.1, 0.15) is 29.1 Å². The van der Waals surface area contributed by atoms with E-state index in [-0.39, 0.29) is 6.04 Å². The second-order valence-electron chi connectivity index (χ2n) is 4.34. The van der Waals surface area contributed by atoms with Crippen LogP contribution in [0, 0.1) is 0 Å². The minimum Gasteiger partial charge on any atom is -0.315 e. The van der Waals surface area contributed by atoms with Crippen molar-refractivity contribution in [2.24, 2.45) is 0 Å². The van der Waals surface area contributed by atoms with Crippen molar-refractivity contribution < 1.29 is 8.42 Å². The molecule has 2 aromatic rings. The largest absolute Gasteiger partial charge is 0.315 e. The van der Waals surface area contributed by atoms with E-state index in [4.69, 9.17) is 0 Å². The lowest BCUT2D eigenvalue weighted by molar-refractivity contribution is 0.552. The van der Waals surface area contributed by atoms with Gasteiger partial charge in [0.05, 0.1) is 10.9 Å². The third-order valence-corrected chi connectivity index (χ3v) is 6.52. The van der Waals surface area contributed by atoms with Crippen molar-refractivity contribution in [3.8, 4) is 0 Å². The highest BCUT2D eigenvalue weighted by Gasteiger charge is 2.23. The van der Waals surface area contributed by atoms with Gasteiger partial charge in [-0.05, 0) is 36.4 Å². The molecule has 110 valence electrons. The van der Waals surface area contributed by atoms with E-state index in [9.17, 15) is 8.42 Å². The Morgan fingerprint density at radius 3 is 2.65 bits per heavy atom. The average molecular weight is 331 g/mol. The van der Waals surface area contributed by atoms with Crippen LogP contribution in [0.5, 0.6) is 0 Å². The molecule has 0 radical (unpaired) electrons. The molecule has 0 aliphatic heterocycles.